The van der Waals surface area contributed by atoms with Crippen LogP contribution in [0.2, 0.25) is 0 Å². The summed E-state index contributed by atoms with van der Waals surface area (Å²) in [4.78, 5) is 2.60. The standard InChI is InChI=1S/C17H26BrNO2.ClH/c1-3-5-9-19(8-4-2)13-7-6-12-10-15(20)17(21)16(18)14(12)11-13;/h10,13,20-21H,3-9,11H2,1-2H3;1H. The zero-order chi connectivity index (χ0) is 15.4. The average Bonchev–Trinajstić information content (AvgIpc) is 2.49. The highest BCUT2D eigenvalue weighted by Crippen LogP contribution is 2.41. The summed E-state index contributed by atoms with van der Waals surface area (Å²) >= 11 is 3.46. The first-order valence-electron chi connectivity index (χ1n) is 8.04. The second-order valence-electron chi connectivity index (χ2n) is 5.98. The van der Waals surface area contributed by atoms with Crippen molar-refractivity contribution >= 4 is 28.3 Å². The second-order valence-corrected chi connectivity index (χ2v) is 6.78. The smallest absolute Gasteiger partial charge is 0.172 e. The monoisotopic (exact) mass is 391 g/mol. The van der Waals surface area contributed by atoms with Crippen molar-refractivity contribution in [2.75, 3.05) is 13.1 Å². The van der Waals surface area contributed by atoms with E-state index in [1.54, 1.807) is 6.07 Å². The van der Waals surface area contributed by atoms with Crippen LogP contribution in [0, 0.1) is 0 Å². The van der Waals surface area contributed by atoms with E-state index < -0.39 is 0 Å². The van der Waals surface area contributed by atoms with Crippen molar-refractivity contribution in [1.29, 1.82) is 0 Å². The molecule has 1 aliphatic carbocycles. The highest BCUT2D eigenvalue weighted by molar-refractivity contribution is 9.10. The molecule has 0 aromatic heterocycles. The molecular weight excluding hydrogens is 366 g/mol. The van der Waals surface area contributed by atoms with Gasteiger partial charge < -0.3 is 15.1 Å². The molecule has 0 heterocycles. The number of rotatable bonds is 6. The third-order valence-electron chi connectivity index (χ3n) is 4.43. The van der Waals surface area contributed by atoms with E-state index in [0.29, 0.717) is 10.5 Å². The summed E-state index contributed by atoms with van der Waals surface area (Å²) in [7, 11) is 0. The van der Waals surface area contributed by atoms with Gasteiger partial charge >= 0.3 is 0 Å². The van der Waals surface area contributed by atoms with Crippen molar-refractivity contribution in [2.45, 2.75) is 58.4 Å². The Bertz CT molecular complexity index is 496. The summed E-state index contributed by atoms with van der Waals surface area (Å²) in [5, 5.41) is 19.7. The van der Waals surface area contributed by atoms with Gasteiger partial charge in [-0.3, -0.25) is 0 Å². The summed E-state index contributed by atoms with van der Waals surface area (Å²) in [6.45, 7) is 6.76. The Hall–Kier alpha value is -0.450. The number of halogens is 2. The van der Waals surface area contributed by atoms with E-state index in [0.717, 1.165) is 32.4 Å². The predicted molar refractivity (Wildman–Crippen MR) is 97.3 cm³/mol. The molecule has 0 spiro atoms. The summed E-state index contributed by atoms with van der Waals surface area (Å²) in [6, 6.07) is 2.27. The van der Waals surface area contributed by atoms with E-state index in [1.165, 1.54) is 30.4 Å². The van der Waals surface area contributed by atoms with E-state index in [4.69, 9.17) is 0 Å². The maximum Gasteiger partial charge on any atom is 0.172 e. The fourth-order valence-electron chi connectivity index (χ4n) is 3.26. The first-order chi connectivity index (χ1) is 10.1. The first kappa shape index (κ1) is 19.6. The fraction of sp³-hybridized carbons (Fsp3) is 0.647. The molecule has 0 saturated carbocycles. The van der Waals surface area contributed by atoms with Crippen molar-refractivity contribution in [3.8, 4) is 11.5 Å². The number of phenolic OH excluding ortho intramolecular Hbond substituents is 2. The minimum Gasteiger partial charge on any atom is -0.504 e. The fourth-order valence-corrected chi connectivity index (χ4v) is 3.88. The van der Waals surface area contributed by atoms with Crippen LogP contribution >= 0.6 is 28.3 Å². The van der Waals surface area contributed by atoms with Crippen LogP contribution in [-0.4, -0.2) is 34.2 Å². The number of benzene rings is 1. The zero-order valence-corrected chi connectivity index (χ0v) is 15.8. The van der Waals surface area contributed by atoms with E-state index in [9.17, 15) is 10.2 Å². The van der Waals surface area contributed by atoms with Crippen molar-refractivity contribution in [3.05, 3.63) is 21.7 Å². The molecular formula is C17H27BrClNO2. The van der Waals surface area contributed by atoms with Crippen molar-refractivity contribution in [2.24, 2.45) is 0 Å². The number of fused-ring (bicyclic) bond motifs is 1. The van der Waals surface area contributed by atoms with Gasteiger partial charge in [0.1, 0.15) is 0 Å². The van der Waals surface area contributed by atoms with Gasteiger partial charge in [0.05, 0.1) is 4.47 Å². The molecule has 1 unspecified atom stereocenters. The van der Waals surface area contributed by atoms with Gasteiger partial charge in [0.25, 0.3) is 0 Å². The number of phenols is 2. The van der Waals surface area contributed by atoms with Gasteiger partial charge in [0.15, 0.2) is 11.5 Å². The number of hydrogen-bond acceptors (Lipinski definition) is 3. The molecule has 0 radical (unpaired) electrons. The maximum absolute atomic E-state index is 9.92. The van der Waals surface area contributed by atoms with Crippen LogP contribution in [-0.2, 0) is 12.8 Å². The molecule has 1 aromatic carbocycles. The quantitative estimate of drug-likeness (QED) is 0.692. The molecule has 22 heavy (non-hydrogen) atoms. The maximum atomic E-state index is 9.92. The highest BCUT2D eigenvalue weighted by Gasteiger charge is 2.27. The van der Waals surface area contributed by atoms with Crippen molar-refractivity contribution in [1.82, 2.24) is 4.90 Å². The summed E-state index contributed by atoms with van der Waals surface area (Å²) in [5.74, 6) is -0.0412. The van der Waals surface area contributed by atoms with Crippen LogP contribution in [0.15, 0.2) is 10.5 Å². The van der Waals surface area contributed by atoms with Crippen LogP contribution in [0.4, 0.5) is 0 Å². The van der Waals surface area contributed by atoms with E-state index in [-0.39, 0.29) is 23.9 Å². The van der Waals surface area contributed by atoms with E-state index >= 15 is 0 Å². The molecule has 3 nitrogen and oxygen atoms in total. The van der Waals surface area contributed by atoms with E-state index in [2.05, 4.69) is 34.7 Å². The van der Waals surface area contributed by atoms with Gasteiger partial charge in [-0.1, -0.05) is 20.3 Å². The Morgan fingerprint density at radius 3 is 2.59 bits per heavy atom. The van der Waals surface area contributed by atoms with E-state index in [1.807, 2.05) is 0 Å². The number of aryl methyl sites for hydroxylation is 1. The molecule has 1 aromatic rings. The summed E-state index contributed by atoms with van der Waals surface area (Å²) in [5.41, 5.74) is 2.33. The van der Waals surface area contributed by atoms with Gasteiger partial charge in [-0.2, -0.15) is 0 Å². The zero-order valence-electron chi connectivity index (χ0n) is 13.4. The minimum absolute atomic E-state index is 0. The number of unbranched alkanes of at least 4 members (excludes halogenated alkanes) is 1. The lowest BCUT2D eigenvalue weighted by Crippen LogP contribution is -2.40. The minimum atomic E-state index is -0.0231. The average molecular weight is 393 g/mol. The van der Waals surface area contributed by atoms with Crippen molar-refractivity contribution in [3.63, 3.8) is 0 Å². The third-order valence-corrected chi connectivity index (χ3v) is 5.28. The highest BCUT2D eigenvalue weighted by atomic mass is 79.9. The third kappa shape index (κ3) is 4.30. The first-order valence-corrected chi connectivity index (χ1v) is 8.84. The molecule has 2 rings (SSSR count). The Kier molecular flexibility index (Phi) is 8.01. The van der Waals surface area contributed by atoms with Gasteiger partial charge in [-0.25, -0.2) is 0 Å². The van der Waals surface area contributed by atoms with Crippen molar-refractivity contribution < 1.29 is 10.2 Å². The molecule has 2 N–H and O–H groups in total. The SMILES string of the molecule is CCCCN(CCC)C1CCc2cc(O)c(O)c(Br)c2C1.Cl. The van der Waals surface area contributed by atoms with Crippen LogP contribution in [0.25, 0.3) is 0 Å². The Balaban J connectivity index is 0.00000242. The van der Waals surface area contributed by atoms with Gasteiger partial charge in [-0.05, 0) is 78.3 Å². The van der Waals surface area contributed by atoms with Gasteiger partial charge in [0, 0.05) is 6.04 Å². The number of hydrogen-bond donors (Lipinski definition) is 2. The second kappa shape index (κ2) is 8.99. The molecule has 1 aliphatic rings. The largest absolute Gasteiger partial charge is 0.504 e. The predicted octanol–water partition coefficient (Wildman–Crippen LogP) is 4.65. The molecule has 0 amide bonds. The molecule has 0 fully saturated rings. The topological polar surface area (TPSA) is 43.7 Å². The molecule has 126 valence electrons. The molecule has 5 heteroatoms. The lowest BCUT2D eigenvalue weighted by molar-refractivity contribution is 0.177. The van der Waals surface area contributed by atoms with Gasteiger partial charge in [-0.15, -0.1) is 12.4 Å². The molecule has 0 bridgehead atoms. The molecule has 0 aliphatic heterocycles. The number of nitrogens with zero attached hydrogens (tertiary/aromatic N) is 1. The van der Waals surface area contributed by atoms with Crippen LogP contribution in [0.5, 0.6) is 11.5 Å². The van der Waals surface area contributed by atoms with Crippen LogP contribution < -0.4 is 0 Å². The normalized spacial score (nSPS) is 17.2. The van der Waals surface area contributed by atoms with Crippen LogP contribution in [0.1, 0.15) is 50.7 Å². The van der Waals surface area contributed by atoms with Crippen LogP contribution in [0.3, 0.4) is 0 Å². The number of aromatic hydroxyl groups is 2. The lowest BCUT2D eigenvalue weighted by atomic mass is 9.86. The Morgan fingerprint density at radius 1 is 1.23 bits per heavy atom. The Labute approximate surface area is 148 Å². The lowest BCUT2D eigenvalue weighted by Gasteiger charge is -2.35. The molecule has 0 saturated heterocycles. The van der Waals surface area contributed by atoms with Gasteiger partial charge in [0.2, 0.25) is 0 Å². The summed E-state index contributed by atoms with van der Waals surface area (Å²) < 4.78 is 0.675. The Morgan fingerprint density at radius 2 is 1.95 bits per heavy atom. The molecule has 1 atom stereocenters. The summed E-state index contributed by atoms with van der Waals surface area (Å²) in [6.07, 6.45) is 6.70.